The first-order valence-electron chi connectivity index (χ1n) is 13.3. The molecule has 0 unspecified atom stereocenters. The summed E-state index contributed by atoms with van der Waals surface area (Å²) in [5.41, 5.74) is 4.60. The Kier molecular flexibility index (Phi) is 9.73. The largest absolute Gasteiger partial charge is 0.543 e. The summed E-state index contributed by atoms with van der Waals surface area (Å²) in [7, 11) is -3.49. The highest BCUT2D eigenvalue weighted by Gasteiger charge is 2.31. The van der Waals surface area contributed by atoms with E-state index in [1.54, 1.807) is 0 Å². The summed E-state index contributed by atoms with van der Waals surface area (Å²) in [6.07, 6.45) is 0. The average molecular weight is 523 g/mol. The maximum absolute atomic E-state index is 6.71. The van der Waals surface area contributed by atoms with Crippen molar-refractivity contribution in [3.05, 3.63) is 66.7 Å². The van der Waals surface area contributed by atoms with Gasteiger partial charge in [-0.05, 0) is 83.3 Å². The highest BCUT2D eigenvalue weighted by molar-refractivity contribution is 7.80. The molecule has 0 aliphatic heterocycles. The van der Waals surface area contributed by atoms with Gasteiger partial charge in [0.05, 0.1) is 0 Å². The molecule has 0 aliphatic carbocycles. The summed E-state index contributed by atoms with van der Waals surface area (Å²) < 4.78 is 13.4. The SMILES string of the molecule is CC[Si](CC)(CC)Oc1cccc(-c2cccc(S)c2-c2cccc(O[Si](CC)(CC)CC)c2)c1. The quantitative estimate of drug-likeness (QED) is 0.188. The van der Waals surface area contributed by atoms with Gasteiger partial charge in [0.25, 0.3) is 0 Å². The molecule has 3 aromatic carbocycles. The average Bonchev–Trinajstić information content (AvgIpc) is 2.90. The first kappa shape index (κ1) is 27.6. The fraction of sp³-hybridized carbons (Fsp3) is 0.400. The van der Waals surface area contributed by atoms with E-state index in [1.165, 1.54) is 5.56 Å². The Morgan fingerprint density at radius 3 is 1.49 bits per heavy atom. The smallest absolute Gasteiger partial charge is 0.250 e. The summed E-state index contributed by atoms with van der Waals surface area (Å²) in [5.74, 6) is 1.96. The van der Waals surface area contributed by atoms with Crippen molar-refractivity contribution in [2.45, 2.75) is 82.7 Å². The third kappa shape index (κ3) is 6.25. The van der Waals surface area contributed by atoms with Gasteiger partial charge in [-0.2, -0.15) is 0 Å². The normalized spacial score (nSPS) is 12.0. The zero-order chi connectivity index (χ0) is 25.5. The molecule has 0 aromatic heterocycles. The summed E-state index contributed by atoms with van der Waals surface area (Å²) in [5, 5.41) is 0. The zero-order valence-corrected chi connectivity index (χ0v) is 25.3. The molecule has 0 radical (unpaired) electrons. The van der Waals surface area contributed by atoms with E-state index in [1.807, 2.05) is 0 Å². The van der Waals surface area contributed by atoms with Crippen molar-refractivity contribution >= 4 is 29.3 Å². The molecule has 0 saturated carbocycles. The van der Waals surface area contributed by atoms with Crippen molar-refractivity contribution in [3.8, 4) is 33.8 Å². The fourth-order valence-corrected chi connectivity index (χ4v) is 10.4. The monoisotopic (exact) mass is 522 g/mol. The third-order valence-electron chi connectivity index (χ3n) is 7.84. The molecule has 0 fully saturated rings. The van der Waals surface area contributed by atoms with Crippen LogP contribution in [0, 0.1) is 0 Å². The van der Waals surface area contributed by atoms with Crippen molar-refractivity contribution < 1.29 is 8.85 Å². The lowest BCUT2D eigenvalue weighted by Gasteiger charge is -2.29. The molecular weight excluding hydrogens is 481 g/mol. The Labute approximate surface area is 220 Å². The molecule has 188 valence electrons. The molecule has 0 N–H and O–H groups in total. The van der Waals surface area contributed by atoms with E-state index in [9.17, 15) is 0 Å². The van der Waals surface area contributed by atoms with Crippen LogP contribution in [-0.4, -0.2) is 16.6 Å². The molecule has 2 nitrogen and oxygen atoms in total. The van der Waals surface area contributed by atoms with Gasteiger partial charge in [0.1, 0.15) is 11.5 Å². The van der Waals surface area contributed by atoms with Crippen LogP contribution in [0.1, 0.15) is 41.5 Å². The molecule has 0 saturated heterocycles. The van der Waals surface area contributed by atoms with Gasteiger partial charge in [-0.3, -0.25) is 0 Å². The lowest BCUT2D eigenvalue weighted by molar-refractivity contribution is 0.532. The number of rotatable bonds is 12. The van der Waals surface area contributed by atoms with E-state index < -0.39 is 16.6 Å². The molecule has 0 spiro atoms. The Balaban J connectivity index is 2.04. The van der Waals surface area contributed by atoms with Crippen molar-refractivity contribution in [1.82, 2.24) is 0 Å². The Morgan fingerprint density at radius 1 is 0.571 bits per heavy atom. The van der Waals surface area contributed by atoms with Crippen LogP contribution < -0.4 is 8.85 Å². The van der Waals surface area contributed by atoms with Gasteiger partial charge in [-0.25, -0.2) is 0 Å². The minimum Gasteiger partial charge on any atom is -0.543 e. The van der Waals surface area contributed by atoms with Crippen molar-refractivity contribution in [1.29, 1.82) is 0 Å². The van der Waals surface area contributed by atoms with Crippen LogP contribution in [-0.2, 0) is 0 Å². The molecule has 0 aliphatic rings. The Bertz CT molecular complexity index is 1090. The van der Waals surface area contributed by atoms with E-state index in [4.69, 9.17) is 21.5 Å². The van der Waals surface area contributed by atoms with Gasteiger partial charge in [0.2, 0.25) is 16.6 Å². The van der Waals surface area contributed by atoms with E-state index in [0.29, 0.717) is 0 Å². The lowest BCUT2D eigenvalue weighted by atomic mass is 9.94. The topological polar surface area (TPSA) is 18.5 Å². The van der Waals surface area contributed by atoms with Crippen LogP contribution in [0.15, 0.2) is 71.6 Å². The lowest BCUT2D eigenvalue weighted by Crippen LogP contribution is -2.39. The van der Waals surface area contributed by atoms with Gasteiger partial charge in [-0.15, -0.1) is 12.6 Å². The molecular formula is C30H42O2SSi2. The van der Waals surface area contributed by atoms with Crippen LogP contribution in [0.25, 0.3) is 22.3 Å². The molecule has 3 aromatic rings. The van der Waals surface area contributed by atoms with Gasteiger partial charge >= 0.3 is 0 Å². The van der Waals surface area contributed by atoms with Crippen LogP contribution >= 0.6 is 12.6 Å². The molecule has 3 rings (SSSR count). The van der Waals surface area contributed by atoms with Gasteiger partial charge < -0.3 is 8.85 Å². The predicted octanol–water partition coefficient (Wildman–Crippen LogP) is 10.1. The second-order valence-corrected chi connectivity index (χ2v) is 19.3. The Morgan fingerprint density at radius 2 is 1.00 bits per heavy atom. The first-order valence-corrected chi connectivity index (χ1v) is 18.8. The van der Waals surface area contributed by atoms with E-state index in [2.05, 4.69) is 108 Å². The van der Waals surface area contributed by atoms with Crippen molar-refractivity contribution in [2.75, 3.05) is 0 Å². The van der Waals surface area contributed by atoms with Crippen molar-refractivity contribution in [3.63, 3.8) is 0 Å². The standard InChI is InChI=1S/C30H42O2SSi2/c1-7-34(8-2,9-3)31-26-18-13-16-24(22-26)28-20-15-21-29(33)30(28)25-17-14-19-27(23-25)32-35(10-4,11-5)12-6/h13-23,33H,7-12H2,1-6H3. The zero-order valence-electron chi connectivity index (χ0n) is 22.4. The fourth-order valence-electron chi connectivity index (χ4n) is 4.96. The van der Waals surface area contributed by atoms with Crippen LogP contribution in [0.5, 0.6) is 11.5 Å². The molecule has 0 atom stereocenters. The number of benzene rings is 3. The maximum Gasteiger partial charge on any atom is 0.250 e. The molecule has 5 heteroatoms. The summed E-state index contributed by atoms with van der Waals surface area (Å²) in [6, 6.07) is 30.3. The maximum atomic E-state index is 6.71. The predicted molar refractivity (Wildman–Crippen MR) is 160 cm³/mol. The summed E-state index contributed by atoms with van der Waals surface area (Å²) in [4.78, 5) is 0.968. The number of hydrogen-bond donors (Lipinski definition) is 1. The van der Waals surface area contributed by atoms with E-state index in [-0.39, 0.29) is 0 Å². The molecule has 0 amide bonds. The van der Waals surface area contributed by atoms with Crippen molar-refractivity contribution in [2.24, 2.45) is 0 Å². The van der Waals surface area contributed by atoms with Crippen LogP contribution in [0.3, 0.4) is 0 Å². The summed E-state index contributed by atoms with van der Waals surface area (Å²) in [6.45, 7) is 13.6. The molecule has 0 heterocycles. The first-order chi connectivity index (χ1) is 16.9. The van der Waals surface area contributed by atoms with E-state index in [0.717, 1.165) is 69.3 Å². The molecule has 35 heavy (non-hydrogen) atoms. The Hall–Kier alpha value is -1.96. The molecule has 0 bridgehead atoms. The van der Waals surface area contributed by atoms with E-state index >= 15 is 0 Å². The van der Waals surface area contributed by atoms with Gasteiger partial charge in [-0.1, -0.05) is 77.9 Å². The minimum atomic E-state index is -1.75. The summed E-state index contributed by atoms with van der Waals surface area (Å²) >= 11 is 4.89. The van der Waals surface area contributed by atoms with Gasteiger partial charge in [0.15, 0.2) is 0 Å². The van der Waals surface area contributed by atoms with Crippen LogP contribution in [0.2, 0.25) is 36.3 Å². The highest BCUT2D eigenvalue weighted by atomic mass is 32.1. The second kappa shape index (κ2) is 12.3. The highest BCUT2D eigenvalue weighted by Crippen LogP contribution is 2.40. The number of thiol groups is 1. The second-order valence-electron chi connectivity index (χ2n) is 9.45. The third-order valence-corrected chi connectivity index (χ3v) is 17.3. The number of hydrogen-bond acceptors (Lipinski definition) is 3. The van der Waals surface area contributed by atoms with Crippen LogP contribution in [0.4, 0.5) is 0 Å². The minimum absolute atomic E-state index is 0.968. The van der Waals surface area contributed by atoms with Gasteiger partial charge in [0, 0.05) is 10.5 Å².